The minimum atomic E-state index is -3.04. The summed E-state index contributed by atoms with van der Waals surface area (Å²) < 4.78 is 34.0. The van der Waals surface area contributed by atoms with E-state index in [9.17, 15) is 8.78 Å². The molecule has 124 valence electrons. The standard InChI is InChI=1S/C15H13Cl3F2N2O/c16-7-1-10(17)13(11(18)2-7)9-3-15(19,20)4-12-14(9)23-8(5-21)6-22-12/h1-3,8,22H,4-6,21H2/t8-/m0/s1. The fourth-order valence-electron chi connectivity index (χ4n) is 2.65. The molecule has 3 rings (SSSR count). The summed E-state index contributed by atoms with van der Waals surface area (Å²) in [6.45, 7) is 0.635. The van der Waals surface area contributed by atoms with Crippen LogP contribution in [0.1, 0.15) is 12.0 Å². The van der Waals surface area contributed by atoms with E-state index in [0.29, 0.717) is 23.0 Å². The van der Waals surface area contributed by atoms with E-state index in [4.69, 9.17) is 45.3 Å². The lowest BCUT2D eigenvalue weighted by molar-refractivity contribution is 0.0391. The third-order valence-corrected chi connectivity index (χ3v) is 4.47. The number of ether oxygens (including phenoxy) is 1. The van der Waals surface area contributed by atoms with Gasteiger partial charge in [-0.1, -0.05) is 34.8 Å². The normalized spacial score (nSPS) is 22.9. The molecule has 3 N–H and O–H groups in total. The van der Waals surface area contributed by atoms with Crippen LogP contribution in [0.15, 0.2) is 29.7 Å². The van der Waals surface area contributed by atoms with Crippen molar-refractivity contribution in [2.24, 2.45) is 5.73 Å². The number of allylic oxidation sites excluding steroid dienone is 3. The van der Waals surface area contributed by atoms with Crippen LogP contribution in [0.25, 0.3) is 5.57 Å². The molecule has 1 aliphatic carbocycles. The van der Waals surface area contributed by atoms with Crippen LogP contribution in [0.3, 0.4) is 0 Å². The summed E-state index contributed by atoms with van der Waals surface area (Å²) in [5.41, 5.74) is 6.35. The second-order valence-electron chi connectivity index (χ2n) is 5.40. The van der Waals surface area contributed by atoms with Gasteiger partial charge in [0.25, 0.3) is 5.92 Å². The van der Waals surface area contributed by atoms with E-state index >= 15 is 0 Å². The molecule has 0 unspecified atom stereocenters. The average Bonchev–Trinajstić information content (AvgIpc) is 2.44. The summed E-state index contributed by atoms with van der Waals surface area (Å²) in [7, 11) is 0. The highest BCUT2D eigenvalue weighted by atomic mass is 35.5. The van der Waals surface area contributed by atoms with Crippen molar-refractivity contribution in [1.29, 1.82) is 0 Å². The quantitative estimate of drug-likeness (QED) is 0.806. The molecule has 0 spiro atoms. The molecule has 23 heavy (non-hydrogen) atoms. The Labute approximate surface area is 147 Å². The van der Waals surface area contributed by atoms with Gasteiger partial charge in [-0.25, -0.2) is 8.78 Å². The molecule has 0 fully saturated rings. The monoisotopic (exact) mass is 380 g/mol. The lowest BCUT2D eigenvalue weighted by Crippen LogP contribution is -2.42. The van der Waals surface area contributed by atoms with Crippen LogP contribution < -0.4 is 11.1 Å². The maximum atomic E-state index is 14.1. The molecule has 0 amide bonds. The zero-order chi connectivity index (χ0) is 16.8. The molecule has 0 bridgehead atoms. The van der Waals surface area contributed by atoms with Gasteiger partial charge in [0.15, 0.2) is 0 Å². The summed E-state index contributed by atoms with van der Waals surface area (Å²) in [5, 5.41) is 3.65. The van der Waals surface area contributed by atoms with E-state index in [-0.39, 0.29) is 33.8 Å². The number of hydrogen-bond donors (Lipinski definition) is 2. The largest absolute Gasteiger partial charge is 0.485 e. The van der Waals surface area contributed by atoms with Gasteiger partial charge >= 0.3 is 0 Å². The van der Waals surface area contributed by atoms with E-state index in [1.807, 2.05) is 0 Å². The number of benzene rings is 1. The van der Waals surface area contributed by atoms with Crippen molar-refractivity contribution < 1.29 is 13.5 Å². The van der Waals surface area contributed by atoms with Crippen LogP contribution in [-0.2, 0) is 4.74 Å². The van der Waals surface area contributed by atoms with Gasteiger partial charge in [0.1, 0.15) is 11.9 Å². The fourth-order valence-corrected chi connectivity index (χ4v) is 3.67. The molecule has 1 atom stereocenters. The summed E-state index contributed by atoms with van der Waals surface area (Å²) in [4.78, 5) is 0. The van der Waals surface area contributed by atoms with E-state index in [1.54, 1.807) is 0 Å². The van der Waals surface area contributed by atoms with Crippen LogP contribution in [0.4, 0.5) is 8.78 Å². The van der Waals surface area contributed by atoms with Crippen molar-refractivity contribution in [2.45, 2.75) is 18.4 Å². The van der Waals surface area contributed by atoms with Gasteiger partial charge in [0.05, 0.1) is 28.7 Å². The molecule has 1 heterocycles. The summed E-state index contributed by atoms with van der Waals surface area (Å²) >= 11 is 18.3. The minimum Gasteiger partial charge on any atom is -0.485 e. The second-order valence-corrected chi connectivity index (χ2v) is 6.66. The van der Waals surface area contributed by atoms with E-state index in [2.05, 4.69) is 5.32 Å². The topological polar surface area (TPSA) is 47.3 Å². The van der Waals surface area contributed by atoms with Gasteiger partial charge in [0.2, 0.25) is 0 Å². The van der Waals surface area contributed by atoms with Crippen molar-refractivity contribution in [3.8, 4) is 0 Å². The summed E-state index contributed by atoms with van der Waals surface area (Å²) in [5.74, 6) is -2.73. The second kappa shape index (κ2) is 6.13. The van der Waals surface area contributed by atoms with Crippen molar-refractivity contribution in [2.75, 3.05) is 13.1 Å². The number of nitrogens with one attached hydrogen (secondary N) is 1. The molecule has 0 saturated carbocycles. The lowest BCUT2D eigenvalue weighted by Gasteiger charge is -2.35. The van der Waals surface area contributed by atoms with Crippen molar-refractivity contribution in [3.05, 3.63) is 50.3 Å². The minimum absolute atomic E-state index is 0.147. The molecule has 2 aliphatic rings. The van der Waals surface area contributed by atoms with Gasteiger partial charge in [0, 0.05) is 22.7 Å². The van der Waals surface area contributed by atoms with Gasteiger partial charge in [-0.3, -0.25) is 0 Å². The zero-order valence-electron chi connectivity index (χ0n) is 11.8. The molecule has 3 nitrogen and oxygen atoms in total. The van der Waals surface area contributed by atoms with Crippen molar-refractivity contribution in [3.63, 3.8) is 0 Å². The third-order valence-electron chi connectivity index (χ3n) is 3.65. The van der Waals surface area contributed by atoms with Crippen LogP contribution in [0.2, 0.25) is 15.1 Å². The van der Waals surface area contributed by atoms with Gasteiger partial charge in [-0.15, -0.1) is 0 Å². The van der Waals surface area contributed by atoms with Crippen molar-refractivity contribution in [1.82, 2.24) is 5.32 Å². The van der Waals surface area contributed by atoms with Crippen LogP contribution in [0, 0.1) is 0 Å². The Bertz CT molecular complexity index is 696. The van der Waals surface area contributed by atoms with E-state index < -0.39 is 12.3 Å². The zero-order valence-corrected chi connectivity index (χ0v) is 14.1. The first-order valence-electron chi connectivity index (χ1n) is 6.90. The Morgan fingerprint density at radius 3 is 2.52 bits per heavy atom. The Kier molecular flexibility index (Phi) is 4.49. The smallest absolute Gasteiger partial charge is 0.273 e. The molecule has 0 aromatic heterocycles. The molecule has 1 aromatic rings. The predicted octanol–water partition coefficient (Wildman–Crippen LogP) is 4.23. The molecular formula is C15H13Cl3F2N2O. The number of alkyl halides is 2. The van der Waals surface area contributed by atoms with Gasteiger partial charge in [-0.05, 0) is 18.2 Å². The van der Waals surface area contributed by atoms with E-state index in [1.165, 1.54) is 12.1 Å². The van der Waals surface area contributed by atoms with E-state index in [0.717, 1.165) is 6.08 Å². The third kappa shape index (κ3) is 3.29. The highest BCUT2D eigenvalue weighted by molar-refractivity contribution is 6.40. The SMILES string of the molecule is NC[C@H]1CNC2=C(O1)C(c1c(Cl)cc(Cl)cc1Cl)=CC(F)(F)C2. The first-order chi connectivity index (χ1) is 10.8. The lowest BCUT2D eigenvalue weighted by atomic mass is 9.92. The predicted molar refractivity (Wildman–Crippen MR) is 88.0 cm³/mol. The molecular weight excluding hydrogens is 369 g/mol. The number of hydrogen-bond acceptors (Lipinski definition) is 3. The Morgan fingerprint density at radius 1 is 1.26 bits per heavy atom. The van der Waals surface area contributed by atoms with Gasteiger partial charge in [-0.2, -0.15) is 0 Å². The van der Waals surface area contributed by atoms with Crippen LogP contribution >= 0.6 is 34.8 Å². The van der Waals surface area contributed by atoms with Crippen molar-refractivity contribution >= 4 is 40.4 Å². The van der Waals surface area contributed by atoms with Gasteiger partial charge < -0.3 is 15.8 Å². The first-order valence-corrected chi connectivity index (χ1v) is 8.04. The average molecular weight is 382 g/mol. The number of nitrogens with two attached hydrogens (primary N) is 1. The Hall–Kier alpha value is -1.01. The molecule has 8 heteroatoms. The Morgan fingerprint density at radius 2 is 1.91 bits per heavy atom. The summed E-state index contributed by atoms with van der Waals surface area (Å²) in [6.07, 6.45) is 0.0491. The number of halogens is 5. The molecule has 0 saturated heterocycles. The first kappa shape index (κ1) is 16.8. The fraction of sp³-hybridized carbons (Fsp3) is 0.333. The summed E-state index contributed by atoms with van der Waals surface area (Å²) in [6, 6.07) is 2.91. The van der Waals surface area contributed by atoms with Crippen LogP contribution in [0.5, 0.6) is 0 Å². The maximum absolute atomic E-state index is 14.1. The number of rotatable bonds is 2. The maximum Gasteiger partial charge on any atom is 0.273 e. The Balaban J connectivity index is 2.15. The molecule has 1 aliphatic heterocycles. The highest BCUT2D eigenvalue weighted by Crippen LogP contribution is 2.45. The molecule has 0 radical (unpaired) electrons. The highest BCUT2D eigenvalue weighted by Gasteiger charge is 2.39. The molecule has 1 aromatic carbocycles. The van der Waals surface area contributed by atoms with Crippen LogP contribution in [-0.4, -0.2) is 25.1 Å².